The van der Waals surface area contributed by atoms with Crippen LogP contribution in [0.4, 0.5) is 10.3 Å². The molecule has 118 valence electrons. The Morgan fingerprint density at radius 1 is 1.30 bits per heavy atom. The van der Waals surface area contributed by atoms with Crippen molar-refractivity contribution in [2.24, 2.45) is 5.92 Å². The van der Waals surface area contributed by atoms with Crippen LogP contribution in [0, 0.1) is 18.7 Å². The second-order valence-corrected chi connectivity index (χ2v) is 6.31. The highest BCUT2D eigenvalue weighted by Crippen LogP contribution is 2.41. The molecule has 1 aromatic carbocycles. The van der Waals surface area contributed by atoms with E-state index in [2.05, 4.69) is 15.4 Å². The summed E-state index contributed by atoms with van der Waals surface area (Å²) in [5.74, 6) is 1.14. The Morgan fingerprint density at radius 2 is 2.09 bits per heavy atom. The average molecular weight is 312 g/mol. The molecular weight excluding hydrogens is 295 g/mol. The standard InChI is InChI=1S/C17H17FN4O/c1-9-7-13-15(14(23)8-9)16(11-5-3-4-6-12(11)18)22-17(20-13)19-10(2)21-22/h3-6,9,16H,7-8H2,1-2H3,(H,19,20,21)/t9-,16+/m1/s1. The molecule has 1 aromatic heterocycles. The molecule has 2 aromatic rings. The lowest BCUT2D eigenvalue weighted by Gasteiger charge is -2.34. The molecule has 0 bridgehead atoms. The second-order valence-electron chi connectivity index (χ2n) is 6.31. The number of Topliss-reactive ketones (excluding diaryl/α,β-unsaturated/α-hetero) is 1. The highest BCUT2D eigenvalue weighted by Gasteiger charge is 2.39. The average Bonchev–Trinajstić information content (AvgIpc) is 2.85. The first kappa shape index (κ1) is 14.1. The van der Waals surface area contributed by atoms with E-state index in [9.17, 15) is 9.18 Å². The fourth-order valence-electron chi connectivity index (χ4n) is 3.50. The van der Waals surface area contributed by atoms with Crippen LogP contribution in [0.5, 0.6) is 0 Å². The molecule has 5 nitrogen and oxygen atoms in total. The van der Waals surface area contributed by atoms with Gasteiger partial charge in [-0.25, -0.2) is 9.07 Å². The molecule has 4 rings (SSSR count). The van der Waals surface area contributed by atoms with Crippen LogP contribution >= 0.6 is 0 Å². The van der Waals surface area contributed by atoms with Gasteiger partial charge in [0.2, 0.25) is 5.95 Å². The number of nitrogens with zero attached hydrogens (tertiary/aromatic N) is 3. The maximum absolute atomic E-state index is 14.4. The van der Waals surface area contributed by atoms with Gasteiger partial charge in [0.15, 0.2) is 5.78 Å². The van der Waals surface area contributed by atoms with E-state index in [1.54, 1.807) is 29.8 Å². The van der Waals surface area contributed by atoms with Crippen LogP contribution in [-0.4, -0.2) is 20.5 Å². The van der Waals surface area contributed by atoms with Crippen molar-refractivity contribution in [3.8, 4) is 0 Å². The van der Waals surface area contributed by atoms with Crippen molar-refractivity contribution in [3.63, 3.8) is 0 Å². The van der Waals surface area contributed by atoms with Gasteiger partial charge in [-0.3, -0.25) is 4.79 Å². The largest absolute Gasteiger partial charge is 0.328 e. The summed E-state index contributed by atoms with van der Waals surface area (Å²) in [6, 6.07) is 6.00. The molecule has 2 atom stereocenters. The molecule has 0 saturated carbocycles. The smallest absolute Gasteiger partial charge is 0.226 e. The molecule has 0 unspecified atom stereocenters. The highest BCUT2D eigenvalue weighted by molar-refractivity contribution is 5.99. The maximum Gasteiger partial charge on any atom is 0.226 e. The first-order valence-electron chi connectivity index (χ1n) is 7.75. The molecule has 0 fully saturated rings. The zero-order chi connectivity index (χ0) is 16.1. The van der Waals surface area contributed by atoms with Crippen molar-refractivity contribution in [2.75, 3.05) is 5.32 Å². The van der Waals surface area contributed by atoms with Crippen LogP contribution in [0.2, 0.25) is 0 Å². The molecule has 0 spiro atoms. The third-order valence-corrected chi connectivity index (χ3v) is 4.43. The topological polar surface area (TPSA) is 59.8 Å². The summed E-state index contributed by atoms with van der Waals surface area (Å²) in [5, 5.41) is 7.61. The lowest BCUT2D eigenvalue weighted by molar-refractivity contribution is -0.117. The van der Waals surface area contributed by atoms with E-state index < -0.39 is 6.04 Å². The van der Waals surface area contributed by atoms with E-state index in [-0.39, 0.29) is 17.5 Å². The van der Waals surface area contributed by atoms with Gasteiger partial charge in [0.05, 0.1) is 0 Å². The van der Waals surface area contributed by atoms with E-state index >= 15 is 0 Å². The highest BCUT2D eigenvalue weighted by atomic mass is 19.1. The minimum absolute atomic E-state index is 0.0540. The van der Waals surface area contributed by atoms with Crippen molar-refractivity contribution in [2.45, 2.75) is 32.7 Å². The number of aromatic nitrogens is 3. The number of benzene rings is 1. The number of hydrogen-bond acceptors (Lipinski definition) is 4. The lowest BCUT2D eigenvalue weighted by Crippen LogP contribution is -2.33. The van der Waals surface area contributed by atoms with Gasteiger partial charge >= 0.3 is 0 Å². The number of ketones is 1. The zero-order valence-corrected chi connectivity index (χ0v) is 13.0. The number of carbonyl (C=O) groups excluding carboxylic acids is 1. The number of hydrogen-bond donors (Lipinski definition) is 1. The minimum atomic E-state index is -0.552. The third-order valence-electron chi connectivity index (χ3n) is 4.43. The molecule has 1 N–H and O–H groups in total. The van der Waals surface area contributed by atoms with Crippen molar-refractivity contribution in [1.82, 2.24) is 14.8 Å². The second kappa shape index (κ2) is 5.01. The van der Waals surface area contributed by atoms with Gasteiger partial charge < -0.3 is 5.32 Å². The van der Waals surface area contributed by atoms with E-state index in [0.717, 1.165) is 12.1 Å². The molecule has 0 saturated heterocycles. The molecule has 2 heterocycles. The molecule has 1 aliphatic heterocycles. The Labute approximate surface area is 133 Å². The van der Waals surface area contributed by atoms with E-state index in [4.69, 9.17) is 0 Å². The van der Waals surface area contributed by atoms with E-state index in [0.29, 0.717) is 29.3 Å². The minimum Gasteiger partial charge on any atom is -0.328 e. The number of fused-ring (bicyclic) bond motifs is 1. The Balaban J connectivity index is 1.95. The summed E-state index contributed by atoms with van der Waals surface area (Å²) in [7, 11) is 0. The van der Waals surface area contributed by atoms with Gasteiger partial charge in [0.1, 0.15) is 17.7 Å². The molecule has 6 heteroatoms. The van der Waals surface area contributed by atoms with Crippen molar-refractivity contribution < 1.29 is 9.18 Å². The first-order chi connectivity index (χ1) is 11.0. The summed E-state index contributed by atoms with van der Waals surface area (Å²) in [6.07, 6.45) is 1.24. The number of allylic oxidation sites excluding steroid dienone is 2. The summed E-state index contributed by atoms with van der Waals surface area (Å²) < 4.78 is 16.0. The molecule has 0 radical (unpaired) electrons. The van der Waals surface area contributed by atoms with Crippen LogP contribution in [-0.2, 0) is 4.79 Å². The lowest BCUT2D eigenvalue weighted by atomic mass is 9.81. The fourth-order valence-corrected chi connectivity index (χ4v) is 3.50. The SMILES string of the molecule is Cc1nc2n(n1)[C@@H](c1ccccc1F)C1=C(C[C@@H](C)CC1=O)N2. The van der Waals surface area contributed by atoms with Gasteiger partial charge in [-0.15, -0.1) is 0 Å². The van der Waals surface area contributed by atoms with Crippen molar-refractivity contribution in [3.05, 3.63) is 52.7 Å². The molecule has 0 amide bonds. The van der Waals surface area contributed by atoms with Crippen molar-refractivity contribution >= 4 is 11.7 Å². The van der Waals surface area contributed by atoms with Gasteiger partial charge in [-0.1, -0.05) is 25.1 Å². The Kier molecular flexibility index (Phi) is 3.07. The zero-order valence-electron chi connectivity index (χ0n) is 13.0. The number of anilines is 1. The van der Waals surface area contributed by atoms with Gasteiger partial charge in [-0.05, 0) is 25.3 Å². The normalized spacial score (nSPS) is 23.3. The molecule has 1 aliphatic carbocycles. The Hall–Kier alpha value is -2.50. The van der Waals surface area contributed by atoms with Crippen LogP contribution in [0.25, 0.3) is 0 Å². The summed E-state index contributed by atoms with van der Waals surface area (Å²) >= 11 is 0. The van der Waals surface area contributed by atoms with Crippen molar-refractivity contribution in [1.29, 1.82) is 0 Å². The van der Waals surface area contributed by atoms with E-state index in [1.807, 2.05) is 6.92 Å². The third kappa shape index (κ3) is 2.17. The first-order valence-corrected chi connectivity index (χ1v) is 7.75. The molecular formula is C17H17FN4O. The number of halogens is 1. The summed E-state index contributed by atoms with van der Waals surface area (Å²) in [5.41, 5.74) is 1.92. The quantitative estimate of drug-likeness (QED) is 0.879. The number of carbonyl (C=O) groups is 1. The number of nitrogens with one attached hydrogen (secondary N) is 1. The monoisotopic (exact) mass is 312 g/mol. The van der Waals surface area contributed by atoms with Crippen LogP contribution in [0.1, 0.15) is 37.2 Å². The number of aryl methyl sites for hydroxylation is 1. The molecule has 2 aliphatic rings. The van der Waals surface area contributed by atoms with E-state index in [1.165, 1.54) is 6.07 Å². The van der Waals surface area contributed by atoms with Crippen LogP contribution in [0.15, 0.2) is 35.5 Å². The van der Waals surface area contributed by atoms with Crippen LogP contribution in [0.3, 0.4) is 0 Å². The summed E-state index contributed by atoms with van der Waals surface area (Å²) in [4.78, 5) is 17.0. The predicted octanol–water partition coefficient (Wildman–Crippen LogP) is 2.99. The van der Waals surface area contributed by atoms with Gasteiger partial charge in [0, 0.05) is 23.3 Å². The summed E-state index contributed by atoms with van der Waals surface area (Å²) in [6.45, 7) is 3.83. The van der Waals surface area contributed by atoms with Gasteiger partial charge in [0.25, 0.3) is 0 Å². The Bertz CT molecular complexity index is 839. The Morgan fingerprint density at radius 3 is 2.87 bits per heavy atom. The predicted molar refractivity (Wildman–Crippen MR) is 83.4 cm³/mol. The number of rotatable bonds is 1. The molecule has 23 heavy (non-hydrogen) atoms. The maximum atomic E-state index is 14.4. The van der Waals surface area contributed by atoms with Crippen LogP contribution < -0.4 is 5.32 Å². The van der Waals surface area contributed by atoms with Gasteiger partial charge in [-0.2, -0.15) is 10.1 Å². The fraction of sp³-hybridized carbons (Fsp3) is 0.353.